The first-order valence-electron chi connectivity index (χ1n) is 6.28. The summed E-state index contributed by atoms with van der Waals surface area (Å²) in [6.07, 6.45) is 4.46. The molecule has 5 heteroatoms. The number of carboxylic acids is 1. The van der Waals surface area contributed by atoms with E-state index >= 15 is 0 Å². The number of aliphatic hydroxyl groups excluding tert-OH is 1. The molecule has 1 aliphatic rings. The van der Waals surface area contributed by atoms with Crippen LogP contribution in [0, 0.1) is 5.41 Å². The average molecular weight is 255 g/mol. The van der Waals surface area contributed by atoms with E-state index in [0.717, 1.165) is 12.8 Å². The zero-order chi connectivity index (χ0) is 13.6. The first-order chi connectivity index (χ1) is 8.55. The van der Waals surface area contributed by atoms with Crippen LogP contribution in [-0.2, 0) is 9.59 Å². The molecular formula is C13H21NO4. The van der Waals surface area contributed by atoms with Crippen LogP contribution < -0.4 is 0 Å². The van der Waals surface area contributed by atoms with Crippen LogP contribution in [0.1, 0.15) is 32.1 Å². The third-order valence-electron chi connectivity index (χ3n) is 3.58. The Bertz CT molecular complexity index is 321. The SMILES string of the molecule is C=CCN(CCO)C(=O)CC1(C(=O)O)CCCC1. The van der Waals surface area contributed by atoms with E-state index in [1.807, 2.05) is 0 Å². The highest BCUT2D eigenvalue weighted by Gasteiger charge is 2.43. The molecule has 102 valence electrons. The van der Waals surface area contributed by atoms with Gasteiger partial charge in [0.05, 0.1) is 12.0 Å². The number of hydrogen-bond acceptors (Lipinski definition) is 3. The molecule has 1 saturated carbocycles. The fraction of sp³-hybridized carbons (Fsp3) is 0.692. The molecule has 0 aromatic carbocycles. The van der Waals surface area contributed by atoms with E-state index in [1.54, 1.807) is 6.08 Å². The van der Waals surface area contributed by atoms with Gasteiger partial charge < -0.3 is 15.1 Å². The largest absolute Gasteiger partial charge is 0.481 e. The van der Waals surface area contributed by atoms with E-state index in [4.69, 9.17) is 5.11 Å². The van der Waals surface area contributed by atoms with E-state index in [2.05, 4.69) is 6.58 Å². The summed E-state index contributed by atoms with van der Waals surface area (Å²) < 4.78 is 0. The zero-order valence-corrected chi connectivity index (χ0v) is 10.6. The molecule has 0 atom stereocenters. The Morgan fingerprint density at radius 3 is 2.39 bits per heavy atom. The minimum atomic E-state index is -0.897. The molecule has 1 amide bonds. The van der Waals surface area contributed by atoms with Crippen molar-refractivity contribution in [3.63, 3.8) is 0 Å². The highest BCUT2D eigenvalue weighted by molar-refractivity contribution is 5.85. The van der Waals surface area contributed by atoms with Crippen molar-refractivity contribution >= 4 is 11.9 Å². The third kappa shape index (κ3) is 3.32. The second kappa shape index (κ2) is 6.54. The Labute approximate surface area is 107 Å². The lowest BCUT2D eigenvalue weighted by Gasteiger charge is -2.27. The first-order valence-corrected chi connectivity index (χ1v) is 6.28. The van der Waals surface area contributed by atoms with Crippen molar-refractivity contribution in [1.82, 2.24) is 4.90 Å². The molecule has 1 fully saturated rings. The molecule has 18 heavy (non-hydrogen) atoms. The van der Waals surface area contributed by atoms with Crippen LogP contribution in [0.4, 0.5) is 0 Å². The number of amides is 1. The predicted octanol–water partition coefficient (Wildman–Crippen LogP) is 1.03. The first kappa shape index (κ1) is 14.7. The molecule has 0 aliphatic heterocycles. The molecule has 0 aromatic heterocycles. The number of carbonyl (C=O) groups excluding carboxylic acids is 1. The second-order valence-electron chi connectivity index (χ2n) is 4.82. The van der Waals surface area contributed by atoms with Gasteiger partial charge in [-0.2, -0.15) is 0 Å². The van der Waals surface area contributed by atoms with Crippen molar-refractivity contribution in [1.29, 1.82) is 0 Å². The van der Waals surface area contributed by atoms with Crippen LogP contribution in [0.3, 0.4) is 0 Å². The number of carbonyl (C=O) groups is 2. The zero-order valence-electron chi connectivity index (χ0n) is 10.6. The topological polar surface area (TPSA) is 77.8 Å². The molecule has 0 saturated heterocycles. The lowest BCUT2D eigenvalue weighted by Crippen LogP contribution is -2.39. The standard InChI is InChI=1S/C13H21NO4/c1-2-7-14(8-9-15)11(16)10-13(12(17)18)5-3-4-6-13/h2,15H,1,3-10H2,(H,17,18). The van der Waals surface area contributed by atoms with Crippen LogP contribution in [-0.4, -0.2) is 46.7 Å². The summed E-state index contributed by atoms with van der Waals surface area (Å²) in [5, 5.41) is 18.2. The van der Waals surface area contributed by atoms with E-state index < -0.39 is 11.4 Å². The predicted molar refractivity (Wildman–Crippen MR) is 67.0 cm³/mol. The second-order valence-corrected chi connectivity index (χ2v) is 4.82. The summed E-state index contributed by atoms with van der Waals surface area (Å²) in [5.41, 5.74) is -0.897. The molecule has 1 rings (SSSR count). The lowest BCUT2D eigenvalue weighted by molar-refractivity contribution is -0.153. The maximum Gasteiger partial charge on any atom is 0.310 e. The normalized spacial score (nSPS) is 17.4. The molecule has 0 bridgehead atoms. The van der Waals surface area contributed by atoms with Gasteiger partial charge in [-0.3, -0.25) is 9.59 Å². The van der Waals surface area contributed by atoms with Crippen molar-refractivity contribution in [2.75, 3.05) is 19.7 Å². The number of aliphatic carboxylic acids is 1. The minimum absolute atomic E-state index is 0.0240. The fourth-order valence-electron chi connectivity index (χ4n) is 2.51. The van der Waals surface area contributed by atoms with Crippen LogP contribution in [0.5, 0.6) is 0 Å². The van der Waals surface area contributed by atoms with Gasteiger partial charge in [0.15, 0.2) is 0 Å². The van der Waals surface area contributed by atoms with Crippen LogP contribution in [0.15, 0.2) is 12.7 Å². The van der Waals surface area contributed by atoms with E-state index in [-0.39, 0.29) is 25.5 Å². The Balaban J connectivity index is 2.70. The Hall–Kier alpha value is -1.36. The summed E-state index contributed by atoms with van der Waals surface area (Å²) in [7, 11) is 0. The highest BCUT2D eigenvalue weighted by Crippen LogP contribution is 2.41. The van der Waals surface area contributed by atoms with E-state index in [1.165, 1.54) is 4.90 Å². The van der Waals surface area contributed by atoms with Gasteiger partial charge in [0, 0.05) is 19.5 Å². The van der Waals surface area contributed by atoms with Gasteiger partial charge in [-0.05, 0) is 12.8 Å². The van der Waals surface area contributed by atoms with E-state index in [9.17, 15) is 14.7 Å². The molecule has 0 heterocycles. The third-order valence-corrected chi connectivity index (χ3v) is 3.58. The summed E-state index contributed by atoms with van der Waals surface area (Å²) in [5.74, 6) is -1.09. The number of carboxylic acid groups (broad SMARTS) is 1. The maximum atomic E-state index is 12.1. The number of nitrogens with zero attached hydrogens (tertiary/aromatic N) is 1. The van der Waals surface area contributed by atoms with Crippen molar-refractivity contribution in [3.8, 4) is 0 Å². The van der Waals surface area contributed by atoms with Gasteiger partial charge in [-0.15, -0.1) is 6.58 Å². The van der Waals surface area contributed by atoms with Gasteiger partial charge in [-0.25, -0.2) is 0 Å². The van der Waals surface area contributed by atoms with Gasteiger partial charge in [0.25, 0.3) is 0 Å². The average Bonchev–Trinajstić information content (AvgIpc) is 2.78. The summed E-state index contributed by atoms with van der Waals surface area (Å²) in [6, 6.07) is 0. The minimum Gasteiger partial charge on any atom is -0.481 e. The van der Waals surface area contributed by atoms with Crippen LogP contribution in [0.2, 0.25) is 0 Å². The van der Waals surface area contributed by atoms with Crippen LogP contribution >= 0.6 is 0 Å². The smallest absolute Gasteiger partial charge is 0.310 e. The van der Waals surface area contributed by atoms with Crippen LogP contribution in [0.25, 0.3) is 0 Å². The molecule has 0 spiro atoms. The molecular weight excluding hydrogens is 234 g/mol. The van der Waals surface area contributed by atoms with Crippen molar-refractivity contribution < 1.29 is 19.8 Å². The molecule has 0 aromatic rings. The van der Waals surface area contributed by atoms with Crippen molar-refractivity contribution in [3.05, 3.63) is 12.7 Å². The van der Waals surface area contributed by atoms with Crippen molar-refractivity contribution in [2.45, 2.75) is 32.1 Å². The van der Waals surface area contributed by atoms with Gasteiger partial charge in [-0.1, -0.05) is 18.9 Å². The summed E-state index contributed by atoms with van der Waals surface area (Å²) >= 11 is 0. The Kier molecular flexibility index (Phi) is 5.34. The Morgan fingerprint density at radius 2 is 1.94 bits per heavy atom. The summed E-state index contributed by atoms with van der Waals surface area (Å²) in [4.78, 5) is 24.9. The number of rotatable bonds is 7. The van der Waals surface area contributed by atoms with Gasteiger partial charge in [0.1, 0.15) is 0 Å². The summed E-state index contributed by atoms with van der Waals surface area (Å²) in [6.45, 7) is 4.00. The molecule has 0 radical (unpaired) electrons. The van der Waals surface area contributed by atoms with Gasteiger partial charge >= 0.3 is 5.97 Å². The van der Waals surface area contributed by atoms with E-state index in [0.29, 0.717) is 19.4 Å². The quantitative estimate of drug-likeness (QED) is 0.666. The Morgan fingerprint density at radius 1 is 1.33 bits per heavy atom. The highest BCUT2D eigenvalue weighted by atomic mass is 16.4. The lowest BCUT2D eigenvalue weighted by atomic mass is 9.82. The monoisotopic (exact) mass is 255 g/mol. The number of aliphatic hydroxyl groups is 1. The molecule has 5 nitrogen and oxygen atoms in total. The molecule has 2 N–H and O–H groups in total. The maximum absolute atomic E-state index is 12.1. The fourth-order valence-corrected chi connectivity index (χ4v) is 2.51. The van der Waals surface area contributed by atoms with Gasteiger partial charge in [0.2, 0.25) is 5.91 Å². The number of hydrogen-bond donors (Lipinski definition) is 2. The molecule has 0 unspecified atom stereocenters. The molecule has 1 aliphatic carbocycles. The van der Waals surface area contributed by atoms with Crippen molar-refractivity contribution in [2.24, 2.45) is 5.41 Å².